The summed E-state index contributed by atoms with van der Waals surface area (Å²) in [5, 5.41) is 11.9. The Labute approximate surface area is 224 Å². The second-order valence-corrected chi connectivity index (χ2v) is 9.13. The van der Waals surface area contributed by atoms with Gasteiger partial charge < -0.3 is 14.2 Å². The Kier molecular flexibility index (Phi) is 7.93. The van der Waals surface area contributed by atoms with Gasteiger partial charge in [0.25, 0.3) is 5.69 Å². The molecule has 0 bridgehead atoms. The zero-order valence-corrected chi connectivity index (χ0v) is 21.8. The number of hydrogen-bond acceptors (Lipinski definition) is 7. The first-order valence-corrected chi connectivity index (χ1v) is 12.1. The van der Waals surface area contributed by atoms with Crippen molar-refractivity contribution in [3.8, 4) is 11.5 Å². The van der Waals surface area contributed by atoms with E-state index in [9.17, 15) is 14.9 Å². The molecule has 0 aromatic heterocycles. The molecule has 3 aromatic rings. The van der Waals surface area contributed by atoms with Crippen LogP contribution in [0.15, 0.2) is 69.8 Å². The quantitative estimate of drug-likeness (QED) is 0.121. The van der Waals surface area contributed by atoms with Crippen molar-refractivity contribution in [2.24, 2.45) is 4.99 Å². The van der Waals surface area contributed by atoms with Crippen molar-refractivity contribution >= 4 is 62.8 Å². The highest BCUT2D eigenvalue weighted by molar-refractivity contribution is 9.10. The molecule has 3 aromatic carbocycles. The van der Waals surface area contributed by atoms with Crippen molar-refractivity contribution in [2.45, 2.75) is 13.5 Å². The van der Waals surface area contributed by atoms with Crippen molar-refractivity contribution in [2.75, 3.05) is 6.61 Å². The van der Waals surface area contributed by atoms with Gasteiger partial charge in [0.15, 0.2) is 17.2 Å². The minimum absolute atomic E-state index is 0.00301. The van der Waals surface area contributed by atoms with Crippen molar-refractivity contribution in [3.63, 3.8) is 0 Å². The molecule has 8 nitrogen and oxygen atoms in total. The molecule has 0 amide bonds. The van der Waals surface area contributed by atoms with Gasteiger partial charge in [0.05, 0.1) is 26.6 Å². The van der Waals surface area contributed by atoms with Crippen LogP contribution in [0.5, 0.6) is 11.5 Å². The van der Waals surface area contributed by atoms with E-state index in [2.05, 4.69) is 20.9 Å². The largest absolute Gasteiger partial charge is 0.490 e. The fourth-order valence-electron chi connectivity index (χ4n) is 3.28. The van der Waals surface area contributed by atoms with Gasteiger partial charge in [0.2, 0.25) is 5.90 Å². The van der Waals surface area contributed by atoms with Crippen LogP contribution in [0.4, 0.5) is 5.69 Å². The Hall–Kier alpha value is -3.40. The summed E-state index contributed by atoms with van der Waals surface area (Å²) in [6.07, 6.45) is 1.51. The van der Waals surface area contributed by atoms with Crippen molar-refractivity contribution in [3.05, 3.63) is 102 Å². The standard InChI is InChI=1S/C25H17BrCl2N2O6/c1-2-34-22-11-15(9-19(26)23(22)35-13-14-3-5-16(27)6-4-14)10-21-25(31)36-24(29-21)18-12-17(30(32)33)7-8-20(18)28/h3-12H,2,13H2,1H3/b21-10-. The van der Waals surface area contributed by atoms with E-state index in [1.54, 1.807) is 24.3 Å². The van der Waals surface area contributed by atoms with Crippen LogP contribution in [0.25, 0.3) is 6.08 Å². The first kappa shape index (κ1) is 25.7. The Morgan fingerprint density at radius 1 is 1.11 bits per heavy atom. The molecule has 1 heterocycles. The summed E-state index contributed by atoms with van der Waals surface area (Å²) in [6.45, 7) is 2.52. The number of cyclic esters (lactones) is 1. The lowest BCUT2D eigenvalue weighted by molar-refractivity contribution is -0.384. The maximum Gasteiger partial charge on any atom is 0.363 e. The summed E-state index contributed by atoms with van der Waals surface area (Å²) >= 11 is 15.6. The summed E-state index contributed by atoms with van der Waals surface area (Å²) in [5.74, 6) is 0.122. The molecule has 0 saturated carbocycles. The normalized spacial score (nSPS) is 13.9. The van der Waals surface area contributed by atoms with Gasteiger partial charge in [-0.25, -0.2) is 9.79 Å². The Morgan fingerprint density at radius 2 is 1.86 bits per heavy atom. The minimum Gasteiger partial charge on any atom is -0.490 e. The lowest BCUT2D eigenvalue weighted by Gasteiger charge is -2.15. The molecular weight excluding hydrogens is 575 g/mol. The van der Waals surface area contributed by atoms with Gasteiger partial charge in [-0.15, -0.1) is 0 Å². The van der Waals surface area contributed by atoms with Crippen LogP contribution in [0.3, 0.4) is 0 Å². The summed E-state index contributed by atoms with van der Waals surface area (Å²) in [5.41, 5.74) is 1.45. The van der Waals surface area contributed by atoms with Gasteiger partial charge >= 0.3 is 5.97 Å². The second-order valence-electron chi connectivity index (χ2n) is 7.44. The average molecular weight is 592 g/mol. The molecule has 0 unspecified atom stereocenters. The average Bonchev–Trinajstić information content (AvgIpc) is 3.19. The predicted molar refractivity (Wildman–Crippen MR) is 140 cm³/mol. The number of nitro benzene ring substituents is 1. The van der Waals surface area contributed by atoms with E-state index < -0.39 is 10.9 Å². The van der Waals surface area contributed by atoms with Crippen LogP contribution >= 0.6 is 39.1 Å². The number of nitrogens with zero attached hydrogens (tertiary/aromatic N) is 2. The molecule has 1 aliphatic heterocycles. The highest BCUT2D eigenvalue weighted by Gasteiger charge is 2.27. The Balaban J connectivity index is 1.63. The third-order valence-electron chi connectivity index (χ3n) is 4.94. The Morgan fingerprint density at radius 3 is 2.56 bits per heavy atom. The third-order valence-corrected chi connectivity index (χ3v) is 6.11. The van der Waals surface area contributed by atoms with Gasteiger partial charge in [0.1, 0.15) is 6.61 Å². The van der Waals surface area contributed by atoms with Crippen LogP contribution in [-0.2, 0) is 16.1 Å². The van der Waals surface area contributed by atoms with Gasteiger partial charge in [-0.3, -0.25) is 10.1 Å². The van der Waals surface area contributed by atoms with Gasteiger partial charge in [0, 0.05) is 17.2 Å². The number of non-ortho nitro benzene ring substituents is 1. The first-order chi connectivity index (χ1) is 17.2. The van der Waals surface area contributed by atoms with Crippen LogP contribution in [0, 0.1) is 10.1 Å². The van der Waals surface area contributed by atoms with Crippen molar-refractivity contribution in [1.29, 1.82) is 0 Å². The maximum atomic E-state index is 12.5. The predicted octanol–water partition coefficient (Wildman–Crippen LogP) is 6.99. The van der Waals surface area contributed by atoms with Crippen LogP contribution in [-0.4, -0.2) is 23.4 Å². The topological polar surface area (TPSA) is 100 Å². The van der Waals surface area contributed by atoms with E-state index in [4.69, 9.17) is 37.4 Å². The van der Waals surface area contributed by atoms with Crippen molar-refractivity contribution < 1.29 is 23.9 Å². The SMILES string of the molecule is CCOc1cc(/C=C2\N=C(c3cc([N+](=O)[O-])ccc3Cl)OC2=O)cc(Br)c1OCc1ccc(Cl)cc1. The second kappa shape index (κ2) is 11.1. The van der Waals surface area contributed by atoms with Gasteiger partial charge in [-0.1, -0.05) is 35.3 Å². The van der Waals surface area contributed by atoms with Crippen LogP contribution in [0.1, 0.15) is 23.6 Å². The lowest BCUT2D eigenvalue weighted by Crippen LogP contribution is -2.06. The lowest BCUT2D eigenvalue weighted by atomic mass is 10.1. The Bertz CT molecular complexity index is 1410. The fraction of sp³-hybridized carbons (Fsp3) is 0.120. The first-order valence-electron chi connectivity index (χ1n) is 10.6. The summed E-state index contributed by atoms with van der Waals surface area (Å²) in [4.78, 5) is 27.2. The molecule has 0 fully saturated rings. The molecule has 0 radical (unpaired) electrons. The number of carbonyl (C=O) groups excluding carboxylic acids is 1. The van der Waals surface area contributed by atoms with Crippen LogP contribution in [0.2, 0.25) is 10.0 Å². The van der Waals surface area contributed by atoms with Gasteiger partial charge in [-0.2, -0.15) is 0 Å². The molecule has 184 valence electrons. The molecule has 0 N–H and O–H groups in total. The number of esters is 1. The molecule has 0 atom stereocenters. The van der Waals surface area contributed by atoms with E-state index in [0.29, 0.717) is 39.8 Å². The number of ether oxygens (including phenoxy) is 3. The van der Waals surface area contributed by atoms with E-state index in [-0.39, 0.29) is 27.9 Å². The van der Waals surface area contributed by atoms with Gasteiger partial charge in [-0.05, 0) is 70.4 Å². The van der Waals surface area contributed by atoms with Crippen LogP contribution < -0.4 is 9.47 Å². The van der Waals surface area contributed by atoms with E-state index >= 15 is 0 Å². The molecule has 36 heavy (non-hydrogen) atoms. The number of rotatable bonds is 8. The molecule has 0 aliphatic carbocycles. The molecule has 11 heteroatoms. The molecule has 4 rings (SSSR count). The number of nitro groups is 1. The number of hydrogen-bond donors (Lipinski definition) is 0. The fourth-order valence-corrected chi connectivity index (χ4v) is 4.18. The zero-order valence-electron chi connectivity index (χ0n) is 18.7. The monoisotopic (exact) mass is 590 g/mol. The number of carbonyl (C=O) groups is 1. The smallest absolute Gasteiger partial charge is 0.363 e. The highest BCUT2D eigenvalue weighted by atomic mass is 79.9. The molecule has 1 aliphatic rings. The zero-order chi connectivity index (χ0) is 25.8. The molecular formula is C25H17BrCl2N2O6. The molecule has 0 saturated heterocycles. The summed E-state index contributed by atoms with van der Waals surface area (Å²) in [7, 11) is 0. The number of halogens is 3. The van der Waals surface area contributed by atoms with E-state index in [1.165, 1.54) is 24.3 Å². The third kappa shape index (κ3) is 5.87. The number of benzene rings is 3. The highest BCUT2D eigenvalue weighted by Crippen LogP contribution is 2.38. The van der Waals surface area contributed by atoms with E-state index in [0.717, 1.165) is 5.56 Å². The minimum atomic E-state index is -0.718. The molecule has 0 spiro atoms. The summed E-state index contributed by atoms with van der Waals surface area (Å²) in [6, 6.07) is 14.6. The van der Waals surface area contributed by atoms with Crippen molar-refractivity contribution in [1.82, 2.24) is 0 Å². The van der Waals surface area contributed by atoms with E-state index in [1.807, 2.05) is 19.1 Å². The summed E-state index contributed by atoms with van der Waals surface area (Å²) < 4.78 is 17.6. The number of aliphatic imine (C=N–C) groups is 1. The maximum absolute atomic E-state index is 12.5.